The number of nitro benzene ring substituents is 1. The fourth-order valence-electron chi connectivity index (χ4n) is 2.03. The van der Waals surface area contributed by atoms with Crippen molar-refractivity contribution in [3.8, 4) is 11.4 Å². The second-order valence-electron chi connectivity index (χ2n) is 4.98. The van der Waals surface area contributed by atoms with E-state index < -0.39 is 4.92 Å². The molecule has 0 aliphatic heterocycles. The summed E-state index contributed by atoms with van der Waals surface area (Å²) in [5, 5.41) is 18.9. The molecule has 122 valence electrons. The number of benzene rings is 1. The number of rotatable bonds is 5. The second kappa shape index (κ2) is 6.32. The summed E-state index contributed by atoms with van der Waals surface area (Å²) in [4.78, 5) is 22.0. The van der Waals surface area contributed by atoms with Crippen LogP contribution in [0.25, 0.3) is 5.69 Å². The van der Waals surface area contributed by atoms with Crippen LogP contribution < -0.4 is 10.2 Å². The van der Waals surface area contributed by atoms with Crippen LogP contribution in [0, 0.1) is 10.1 Å². The Morgan fingerprint density at radius 3 is 2.62 bits per heavy atom. The largest absolute Gasteiger partial charge is 0.487 e. The Labute approximate surface area is 135 Å². The van der Waals surface area contributed by atoms with Gasteiger partial charge in [-0.2, -0.15) is 10.2 Å². The molecule has 0 fully saturated rings. The third-order valence-electron chi connectivity index (χ3n) is 3.26. The van der Waals surface area contributed by atoms with Crippen LogP contribution in [0.4, 0.5) is 5.69 Å². The zero-order valence-corrected chi connectivity index (χ0v) is 12.7. The summed E-state index contributed by atoms with van der Waals surface area (Å²) < 4.78 is 8.64. The van der Waals surface area contributed by atoms with Crippen LogP contribution in [0.2, 0.25) is 0 Å². The fourth-order valence-corrected chi connectivity index (χ4v) is 2.03. The maximum absolute atomic E-state index is 11.9. The minimum Gasteiger partial charge on any atom is -0.487 e. The smallest absolute Gasteiger partial charge is 0.269 e. The molecule has 3 aromatic rings. The van der Waals surface area contributed by atoms with Gasteiger partial charge in [0, 0.05) is 31.4 Å². The average Bonchev–Trinajstić information content (AvgIpc) is 3.01. The molecule has 1 aromatic carbocycles. The number of hydrogen-bond acceptors (Lipinski definition) is 6. The van der Waals surface area contributed by atoms with Crippen molar-refractivity contribution >= 4 is 5.69 Å². The SMILES string of the molecule is Cn1cc(-n2ccc(=O)c(COc3ccc([N+](=O)[O-])cc3)n2)cn1. The molecule has 0 bridgehead atoms. The number of aromatic nitrogens is 4. The van der Waals surface area contributed by atoms with Crippen LogP contribution >= 0.6 is 0 Å². The molecule has 0 unspecified atom stereocenters. The number of aryl methyl sites for hydroxylation is 1. The molecule has 0 aliphatic rings. The molecule has 2 aromatic heterocycles. The van der Waals surface area contributed by atoms with Crippen LogP contribution in [-0.2, 0) is 13.7 Å². The summed E-state index contributed by atoms with van der Waals surface area (Å²) in [5.74, 6) is 0.415. The summed E-state index contributed by atoms with van der Waals surface area (Å²) in [7, 11) is 1.78. The van der Waals surface area contributed by atoms with Crippen LogP contribution in [0.5, 0.6) is 5.75 Å². The lowest BCUT2D eigenvalue weighted by molar-refractivity contribution is -0.384. The Bertz CT molecular complexity index is 930. The molecule has 0 atom stereocenters. The number of hydrogen-bond donors (Lipinski definition) is 0. The molecule has 0 spiro atoms. The van der Waals surface area contributed by atoms with Crippen molar-refractivity contribution < 1.29 is 9.66 Å². The van der Waals surface area contributed by atoms with E-state index in [0.717, 1.165) is 0 Å². The zero-order chi connectivity index (χ0) is 17.1. The van der Waals surface area contributed by atoms with E-state index in [-0.39, 0.29) is 23.4 Å². The topological polar surface area (TPSA) is 105 Å². The van der Waals surface area contributed by atoms with Gasteiger partial charge in [-0.05, 0) is 12.1 Å². The summed E-state index contributed by atoms with van der Waals surface area (Å²) in [6.07, 6.45) is 4.94. The molecular formula is C15H13N5O4. The van der Waals surface area contributed by atoms with Crippen LogP contribution in [0.1, 0.15) is 5.69 Å². The standard InChI is InChI=1S/C15H13N5O4/c1-18-9-12(8-16-18)19-7-6-15(21)14(17-19)10-24-13-4-2-11(3-5-13)20(22)23/h2-9H,10H2,1H3. The van der Waals surface area contributed by atoms with Gasteiger partial charge in [-0.15, -0.1) is 0 Å². The highest BCUT2D eigenvalue weighted by Gasteiger charge is 2.08. The van der Waals surface area contributed by atoms with Gasteiger partial charge in [0.25, 0.3) is 5.69 Å². The third kappa shape index (κ3) is 3.29. The monoisotopic (exact) mass is 327 g/mol. The van der Waals surface area contributed by atoms with E-state index in [1.165, 1.54) is 35.0 Å². The summed E-state index contributed by atoms with van der Waals surface area (Å²) in [5.41, 5.74) is 0.657. The van der Waals surface area contributed by atoms with E-state index in [4.69, 9.17) is 4.74 Å². The Morgan fingerprint density at radius 2 is 2.00 bits per heavy atom. The highest BCUT2D eigenvalue weighted by molar-refractivity contribution is 5.36. The molecular weight excluding hydrogens is 314 g/mol. The van der Waals surface area contributed by atoms with Crippen LogP contribution in [-0.4, -0.2) is 24.5 Å². The molecule has 3 rings (SSSR count). The first-order chi connectivity index (χ1) is 11.5. The second-order valence-corrected chi connectivity index (χ2v) is 4.98. The predicted molar refractivity (Wildman–Crippen MR) is 84.0 cm³/mol. The lowest BCUT2D eigenvalue weighted by Gasteiger charge is -2.07. The third-order valence-corrected chi connectivity index (χ3v) is 3.26. The van der Waals surface area contributed by atoms with Gasteiger partial charge in [0.1, 0.15) is 23.7 Å². The van der Waals surface area contributed by atoms with Gasteiger partial charge in [0.15, 0.2) is 0 Å². The highest BCUT2D eigenvalue weighted by Crippen LogP contribution is 2.17. The van der Waals surface area contributed by atoms with Gasteiger partial charge >= 0.3 is 0 Å². The van der Waals surface area contributed by atoms with Crippen LogP contribution in [0.15, 0.2) is 53.7 Å². The minimum atomic E-state index is -0.491. The predicted octanol–water partition coefficient (Wildman–Crippen LogP) is 1.45. The molecule has 0 aliphatic carbocycles. The van der Waals surface area contributed by atoms with Crippen molar-refractivity contribution in [2.75, 3.05) is 0 Å². The lowest BCUT2D eigenvalue weighted by Crippen LogP contribution is -2.17. The molecule has 2 heterocycles. The van der Waals surface area contributed by atoms with E-state index in [9.17, 15) is 14.9 Å². The molecule has 0 radical (unpaired) electrons. The first kappa shape index (κ1) is 15.4. The zero-order valence-electron chi connectivity index (χ0n) is 12.7. The average molecular weight is 327 g/mol. The van der Waals surface area contributed by atoms with Crippen molar-refractivity contribution in [3.63, 3.8) is 0 Å². The lowest BCUT2D eigenvalue weighted by atomic mass is 10.3. The number of nitrogens with zero attached hydrogens (tertiary/aromatic N) is 5. The minimum absolute atomic E-state index is 0.0286. The maximum atomic E-state index is 11.9. The van der Waals surface area contributed by atoms with Gasteiger partial charge in [0.05, 0.1) is 17.3 Å². The Kier molecular flexibility index (Phi) is 4.06. The summed E-state index contributed by atoms with van der Waals surface area (Å²) in [6.45, 7) is -0.0439. The van der Waals surface area contributed by atoms with Gasteiger partial charge in [-0.3, -0.25) is 19.6 Å². The van der Waals surface area contributed by atoms with Crippen molar-refractivity contribution in [2.24, 2.45) is 7.05 Å². The van der Waals surface area contributed by atoms with Crippen molar-refractivity contribution in [3.05, 3.63) is 75.0 Å². The van der Waals surface area contributed by atoms with Gasteiger partial charge in [-0.25, -0.2) is 4.68 Å². The quantitative estimate of drug-likeness (QED) is 0.519. The van der Waals surface area contributed by atoms with Gasteiger partial charge < -0.3 is 4.74 Å². The molecule has 0 amide bonds. The molecule has 9 heteroatoms. The van der Waals surface area contributed by atoms with E-state index in [0.29, 0.717) is 11.4 Å². The fraction of sp³-hybridized carbons (Fsp3) is 0.133. The van der Waals surface area contributed by atoms with Crippen molar-refractivity contribution in [1.82, 2.24) is 19.6 Å². The normalized spacial score (nSPS) is 10.5. The molecule has 0 N–H and O–H groups in total. The van der Waals surface area contributed by atoms with Crippen LogP contribution in [0.3, 0.4) is 0 Å². The number of ether oxygens (including phenoxy) is 1. The van der Waals surface area contributed by atoms with E-state index in [1.54, 1.807) is 30.3 Å². The van der Waals surface area contributed by atoms with E-state index in [2.05, 4.69) is 10.2 Å². The van der Waals surface area contributed by atoms with Crippen molar-refractivity contribution in [2.45, 2.75) is 6.61 Å². The van der Waals surface area contributed by atoms with Gasteiger partial charge in [-0.1, -0.05) is 0 Å². The van der Waals surface area contributed by atoms with Gasteiger partial charge in [0.2, 0.25) is 5.43 Å². The number of non-ortho nitro benzene ring substituents is 1. The highest BCUT2D eigenvalue weighted by atomic mass is 16.6. The van der Waals surface area contributed by atoms with Crippen molar-refractivity contribution in [1.29, 1.82) is 0 Å². The summed E-state index contributed by atoms with van der Waals surface area (Å²) in [6, 6.07) is 7.01. The molecule has 24 heavy (non-hydrogen) atoms. The number of nitro groups is 1. The van der Waals surface area contributed by atoms with E-state index in [1.807, 2.05) is 0 Å². The maximum Gasteiger partial charge on any atom is 0.269 e. The summed E-state index contributed by atoms with van der Waals surface area (Å²) >= 11 is 0. The Hall–Kier alpha value is -3.49. The molecule has 0 saturated carbocycles. The van der Waals surface area contributed by atoms with E-state index >= 15 is 0 Å². The Balaban J connectivity index is 1.77. The molecule has 9 nitrogen and oxygen atoms in total. The Morgan fingerprint density at radius 1 is 1.25 bits per heavy atom. The first-order valence-corrected chi connectivity index (χ1v) is 6.98. The first-order valence-electron chi connectivity index (χ1n) is 6.98. The molecule has 0 saturated heterocycles.